The molecule has 1 heterocycles. The number of phenols is 1. The number of hydrogen-bond acceptors (Lipinski definition) is 5. The maximum Gasteiger partial charge on any atom is 0.308 e. The fraction of sp³-hybridized carbons (Fsp3) is 0.167. The quantitative estimate of drug-likeness (QED) is 0.480. The molecule has 0 radical (unpaired) electrons. The second-order valence-electron chi connectivity index (χ2n) is 3.73. The van der Waals surface area contributed by atoms with Crippen LogP contribution in [0.5, 0.6) is 11.5 Å². The van der Waals surface area contributed by atoms with Crippen molar-refractivity contribution in [1.82, 2.24) is 0 Å². The molecule has 0 unspecified atom stereocenters. The van der Waals surface area contributed by atoms with Gasteiger partial charge in [0.15, 0.2) is 11.0 Å². The molecule has 1 N–H and O–H groups in total. The van der Waals surface area contributed by atoms with Crippen molar-refractivity contribution in [1.29, 1.82) is 0 Å². The number of carbonyl (C=O) groups excluding carboxylic acids is 1. The molecule has 0 aliphatic carbocycles. The molecular formula is C12H9IO5. The summed E-state index contributed by atoms with van der Waals surface area (Å²) < 4.78 is 10.7. The largest absolute Gasteiger partial charge is 0.507 e. The number of esters is 1. The van der Waals surface area contributed by atoms with Crippen LogP contribution in [0.2, 0.25) is 0 Å². The van der Waals surface area contributed by atoms with Crippen LogP contribution in [-0.2, 0) is 4.79 Å². The van der Waals surface area contributed by atoms with E-state index in [4.69, 9.17) is 9.15 Å². The number of halogens is 1. The Balaban J connectivity index is 2.92. The summed E-state index contributed by atoms with van der Waals surface area (Å²) >= 11 is 1.86. The molecule has 2 aromatic rings. The van der Waals surface area contributed by atoms with Crippen LogP contribution < -0.4 is 10.2 Å². The molecule has 6 heteroatoms. The van der Waals surface area contributed by atoms with Gasteiger partial charge < -0.3 is 14.3 Å². The number of rotatable bonds is 1. The number of aryl methyl sites for hydroxylation is 1. The van der Waals surface area contributed by atoms with E-state index in [-0.39, 0.29) is 27.9 Å². The molecule has 0 bridgehead atoms. The Morgan fingerprint density at radius 3 is 2.72 bits per heavy atom. The highest BCUT2D eigenvalue weighted by atomic mass is 127. The number of benzene rings is 1. The van der Waals surface area contributed by atoms with E-state index >= 15 is 0 Å². The molecule has 0 aliphatic heterocycles. The van der Waals surface area contributed by atoms with Crippen LogP contribution in [-0.4, -0.2) is 11.1 Å². The molecule has 0 amide bonds. The van der Waals surface area contributed by atoms with E-state index in [9.17, 15) is 14.7 Å². The van der Waals surface area contributed by atoms with Crippen molar-refractivity contribution in [2.24, 2.45) is 0 Å². The van der Waals surface area contributed by atoms with Gasteiger partial charge in [-0.05, 0) is 29.5 Å². The van der Waals surface area contributed by atoms with Gasteiger partial charge in [-0.2, -0.15) is 0 Å². The zero-order chi connectivity index (χ0) is 13.4. The lowest BCUT2D eigenvalue weighted by molar-refractivity contribution is -0.131. The predicted octanol–water partition coefficient (Wildman–Crippen LogP) is 2.34. The van der Waals surface area contributed by atoms with Crippen molar-refractivity contribution >= 4 is 39.5 Å². The summed E-state index contributed by atoms with van der Waals surface area (Å²) in [5.41, 5.74) is -0.0974. The third-order valence-corrected chi connectivity index (χ3v) is 3.31. The molecule has 18 heavy (non-hydrogen) atoms. The minimum absolute atomic E-state index is 0.00386. The number of carbonyl (C=O) groups is 1. The van der Waals surface area contributed by atoms with Gasteiger partial charge in [-0.1, -0.05) is 0 Å². The summed E-state index contributed by atoms with van der Waals surface area (Å²) in [6.07, 6.45) is 0. The summed E-state index contributed by atoms with van der Waals surface area (Å²) in [7, 11) is 0. The van der Waals surface area contributed by atoms with Gasteiger partial charge in [0.25, 0.3) is 0 Å². The molecule has 5 nitrogen and oxygen atoms in total. The second kappa shape index (κ2) is 4.60. The Bertz CT molecular complexity index is 702. The van der Waals surface area contributed by atoms with Gasteiger partial charge in [-0.3, -0.25) is 9.59 Å². The van der Waals surface area contributed by atoms with Crippen molar-refractivity contribution in [3.63, 3.8) is 0 Å². The van der Waals surface area contributed by atoms with E-state index in [1.165, 1.54) is 19.1 Å². The highest BCUT2D eigenvalue weighted by Gasteiger charge is 2.17. The first-order chi connectivity index (χ1) is 8.40. The average molecular weight is 360 g/mol. The smallest absolute Gasteiger partial charge is 0.308 e. The lowest BCUT2D eigenvalue weighted by atomic mass is 10.2. The SMILES string of the molecule is CC(=O)Oc1cc(O)c(I)c2oc(C)cc(=O)c12. The lowest BCUT2D eigenvalue weighted by Crippen LogP contribution is -2.08. The van der Waals surface area contributed by atoms with E-state index in [1.807, 2.05) is 22.6 Å². The topological polar surface area (TPSA) is 76.7 Å². The first-order valence-corrected chi connectivity index (χ1v) is 6.12. The second-order valence-corrected chi connectivity index (χ2v) is 4.81. The van der Waals surface area contributed by atoms with Crippen LogP contribution >= 0.6 is 22.6 Å². The summed E-state index contributed by atoms with van der Waals surface area (Å²) in [5, 5.41) is 9.88. The number of hydrogen-bond donors (Lipinski definition) is 1. The Morgan fingerprint density at radius 2 is 2.11 bits per heavy atom. The van der Waals surface area contributed by atoms with E-state index < -0.39 is 5.97 Å². The molecule has 0 saturated heterocycles. The Kier molecular flexibility index (Phi) is 3.29. The molecule has 0 atom stereocenters. The standard InChI is InChI=1S/C12H9IO5/c1-5-3-7(15)10-9(18-6(2)14)4-8(16)11(13)12(10)17-5/h3-4,16H,1-2H3. The van der Waals surface area contributed by atoms with Crippen LogP contribution in [0.25, 0.3) is 11.0 Å². The maximum atomic E-state index is 11.9. The molecule has 1 aromatic heterocycles. The van der Waals surface area contributed by atoms with E-state index in [0.717, 1.165) is 0 Å². The molecule has 94 valence electrons. The Labute approximate surface area is 116 Å². The van der Waals surface area contributed by atoms with Crippen LogP contribution in [0.15, 0.2) is 21.3 Å². The molecule has 0 fully saturated rings. The summed E-state index contributed by atoms with van der Waals surface area (Å²) in [6.45, 7) is 2.85. The van der Waals surface area contributed by atoms with E-state index in [1.54, 1.807) is 6.92 Å². The molecule has 0 aliphatic rings. The van der Waals surface area contributed by atoms with Crippen LogP contribution in [0.4, 0.5) is 0 Å². The number of phenolic OH excluding ortho intramolecular Hbond substituents is 1. The van der Waals surface area contributed by atoms with E-state index in [2.05, 4.69) is 0 Å². The lowest BCUT2D eigenvalue weighted by Gasteiger charge is -2.08. The summed E-state index contributed by atoms with van der Waals surface area (Å²) in [5.74, 6) is -0.251. The Morgan fingerprint density at radius 1 is 1.44 bits per heavy atom. The van der Waals surface area contributed by atoms with Crippen molar-refractivity contribution in [3.05, 3.63) is 31.7 Å². The average Bonchev–Trinajstić information content (AvgIpc) is 2.23. The van der Waals surface area contributed by atoms with Crippen LogP contribution in [0, 0.1) is 10.5 Å². The highest BCUT2D eigenvalue weighted by Crippen LogP contribution is 2.34. The third kappa shape index (κ3) is 2.20. The predicted molar refractivity (Wildman–Crippen MR) is 72.9 cm³/mol. The van der Waals surface area contributed by atoms with Gasteiger partial charge in [0.05, 0.1) is 3.57 Å². The molecular weight excluding hydrogens is 351 g/mol. The molecule has 1 aromatic carbocycles. The van der Waals surface area contributed by atoms with Gasteiger partial charge in [0, 0.05) is 19.1 Å². The van der Waals surface area contributed by atoms with Gasteiger partial charge in [-0.25, -0.2) is 0 Å². The minimum atomic E-state index is -0.572. The molecule has 2 rings (SSSR count). The van der Waals surface area contributed by atoms with E-state index in [0.29, 0.717) is 9.33 Å². The monoisotopic (exact) mass is 360 g/mol. The van der Waals surface area contributed by atoms with Gasteiger partial charge in [-0.15, -0.1) is 0 Å². The Hall–Kier alpha value is -1.57. The number of ether oxygens (including phenoxy) is 1. The van der Waals surface area contributed by atoms with Crippen LogP contribution in [0.1, 0.15) is 12.7 Å². The van der Waals surface area contributed by atoms with Gasteiger partial charge in [0.2, 0.25) is 0 Å². The van der Waals surface area contributed by atoms with Crippen molar-refractivity contribution in [2.75, 3.05) is 0 Å². The summed E-state index contributed by atoms with van der Waals surface area (Å²) in [4.78, 5) is 22.9. The maximum absolute atomic E-state index is 11.9. The zero-order valence-corrected chi connectivity index (χ0v) is 11.8. The zero-order valence-electron chi connectivity index (χ0n) is 9.61. The number of fused-ring (bicyclic) bond motifs is 1. The normalized spacial score (nSPS) is 10.6. The fourth-order valence-electron chi connectivity index (χ4n) is 1.61. The van der Waals surface area contributed by atoms with Crippen molar-refractivity contribution < 1.29 is 19.1 Å². The van der Waals surface area contributed by atoms with Crippen molar-refractivity contribution in [3.8, 4) is 11.5 Å². The van der Waals surface area contributed by atoms with Gasteiger partial charge in [0.1, 0.15) is 22.6 Å². The fourth-order valence-corrected chi connectivity index (χ4v) is 2.14. The highest BCUT2D eigenvalue weighted by molar-refractivity contribution is 14.1. The first kappa shape index (κ1) is 12.9. The summed E-state index contributed by atoms with van der Waals surface area (Å²) in [6, 6.07) is 2.54. The molecule has 0 spiro atoms. The van der Waals surface area contributed by atoms with Crippen molar-refractivity contribution in [2.45, 2.75) is 13.8 Å². The first-order valence-electron chi connectivity index (χ1n) is 5.04. The number of aromatic hydroxyl groups is 1. The molecule has 0 saturated carbocycles. The van der Waals surface area contributed by atoms with Crippen LogP contribution in [0.3, 0.4) is 0 Å². The van der Waals surface area contributed by atoms with Gasteiger partial charge >= 0.3 is 5.97 Å². The third-order valence-electron chi connectivity index (χ3n) is 2.26. The minimum Gasteiger partial charge on any atom is -0.507 e.